The van der Waals surface area contributed by atoms with Gasteiger partial charge in [0, 0.05) is 0 Å². The molecule has 0 bridgehead atoms. The Kier molecular flexibility index (Phi) is 25.7. The Bertz CT molecular complexity index is 132. The summed E-state index contributed by atoms with van der Waals surface area (Å²) < 4.78 is 1.40. The summed E-state index contributed by atoms with van der Waals surface area (Å²) in [6, 6.07) is 0. The molecule has 4 heteroatoms. The van der Waals surface area contributed by atoms with E-state index in [0.717, 1.165) is 6.42 Å². The summed E-state index contributed by atoms with van der Waals surface area (Å²) >= 11 is 2.59. The molecule has 0 aromatic carbocycles. The van der Waals surface area contributed by atoms with Crippen LogP contribution in [0.15, 0.2) is 22.4 Å². The predicted octanol–water partition coefficient (Wildman–Crippen LogP) is -2.41. The van der Waals surface area contributed by atoms with Crippen molar-refractivity contribution in [2.45, 2.75) is 6.42 Å². The molecule has 0 atom stereocenters. The molecule has 0 fully saturated rings. The average Bonchev–Trinajstić information content (AvgIpc) is 2.48. The maximum absolute atomic E-state index is 7.50. The summed E-state index contributed by atoms with van der Waals surface area (Å²) in [6.45, 7) is 9.00. The van der Waals surface area contributed by atoms with Crippen molar-refractivity contribution >= 4 is 13.6 Å². The van der Waals surface area contributed by atoms with Gasteiger partial charge in [0.1, 0.15) is 0 Å². The quantitative estimate of drug-likeness (QED) is 0.467. The molecule has 1 aliphatic rings. The summed E-state index contributed by atoms with van der Waals surface area (Å²) in [5.41, 5.74) is 0. The number of rotatable bonds is 0. The number of halogens is 1. The minimum atomic E-state index is 0. The van der Waals surface area contributed by atoms with Gasteiger partial charge in [-0.25, -0.2) is 0 Å². The molecular weight excluding hydrogens is 297 g/mol. The van der Waals surface area contributed by atoms with E-state index in [1.165, 1.54) is 4.17 Å². The molecule has 0 heterocycles. The standard InChI is InChI=1S/C5H5.2CO.BrH.Ru/c1-2-4-5-3-1;2*1-2;;/h1-3H,4H2;;;1H;/q;;;;+1/p-1. The first-order chi connectivity index (χ1) is 4.89. The van der Waals surface area contributed by atoms with Crippen molar-refractivity contribution < 1.29 is 44.9 Å². The van der Waals surface area contributed by atoms with E-state index in [4.69, 9.17) is 9.59 Å². The van der Waals surface area contributed by atoms with Crippen molar-refractivity contribution in [3.8, 4) is 0 Å². The molecule has 1 rings (SSSR count). The molecule has 0 N–H and O–H groups in total. The first-order valence-electron chi connectivity index (χ1n) is 2.30. The van der Waals surface area contributed by atoms with Gasteiger partial charge in [-0.15, -0.1) is 0 Å². The molecule has 1 aliphatic carbocycles. The van der Waals surface area contributed by atoms with Crippen molar-refractivity contribution in [1.29, 1.82) is 0 Å². The van der Waals surface area contributed by atoms with E-state index in [0.29, 0.717) is 0 Å². The van der Waals surface area contributed by atoms with E-state index in [9.17, 15) is 0 Å². The van der Waals surface area contributed by atoms with E-state index in [1.807, 2.05) is 0 Å². The fraction of sp³-hybridized carbons (Fsp3) is 0.143. The molecule has 0 aliphatic heterocycles. The average molecular weight is 302 g/mol. The van der Waals surface area contributed by atoms with Crippen LogP contribution < -0.4 is 17.0 Å². The number of allylic oxidation sites excluding steroid dienone is 4. The number of hydrogen-bond acceptors (Lipinski definition) is 2. The second kappa shape index (κ2) is 16.5. The first-order valence-corrected chi connectivity index (χ1v) is 3.17. The van der Waals surface area contributed by atoms with E-state index in [1.54, 1.807) is 0 Å². The van der Waals surface area contributed by atoms with Crippen molar-refractivity contribution in [3.63, 3.8) is 0 Å². The molecular formula is C7H5BrO2Ru. The number of hydrogen-bond donors (Lipinski definition) is 0. The summed E-state index contributed by atoms with van der Waals surface area (Å²) in [6.07, 6.45) is 7.46. The third-order valence-corrected chi connectivity index (χ3v) is 1.36. The molecule has 4 radical (unpaired) electrons. The van der Waals surface area contributed by atoms with Crippen molar-refractivity contribution in [3.05, 3.63) is 22.4 Å². The summed E-state index contributed by atoms with van der Waals surface area (Å²) in [5, 5.41) is 0. The van der Waals surface area contributed by atoms with Crippen LogP contribution >= 0.6 is 0 Å². The normalized spacial score (nSPS) is 10.8. The first kappa shape index (κ1) is 17.1. The zero-order valence-corrected chi connectivity index (χ0v) is 8.81. The summed E-state index contributed by atoms with van der Waals surface area (Å²) in [4.78, 5) is 15.0. The Labute approximate surface area is 87.2 Å². The minimum absolute atomic E-state index is 0. The molecule has 0 unspecified atom stereocenters. The van der Waals surface area contributed by atoms with Gasteiger partial charge in [0.25, 0.3) is 13.6 Å². The van der Waals surface area contributed by atoms with Gasteiger partial charge in [-0.2, -0.15) is 0 Å². The molecule has 2 nitrogen and oxygen atoms in total. The van der Waals surface area contributed by atoms with E-state index in [2.05, 4.69) is 50.1 Å². The predicted molar refractivity (Wildman–Crippen MR) is 33.2 cm³/mol. The van der Waals surface area contributed by atoms with Gasteiger partial charge in [-0.05, 0) is 0 Å². The number of carbonyl (C=O) groups excluding carboxylic acids is 2. The monoisotopic (exact) mass is 302 g/mol. The van der Waals surface area contributed by atoms with E-state index >= 15 is 0 Å². The topological polar surface area (TPSA) is 34.1 Å². The molecule has 0 amide bonds. The summed E-state index contributed by atoms with van der Waals surface area (Å²) in [5.74, 6) is 0. The van der Waals surface area contributed by atoms with Crippen LogP contribution in [0.1, 0.15) is 6.42 Å². The maximum atomic E-state index is 7.50. The van der Waals surface area contributed by atoms with Crippen LogP contribution in [0.2, 0.25) is 0 Å². The van der Waals surface area contributed by atoms with Gasteiger partial charge in [0.05, 0.1) is 0 Å². The molecule has 11 heavy (non-hydrogen) atoms. The van der Waals surface area contributed by atoms with Crippen LogP contribution in [0.3, 0.4) is 0 Å². The zero-order chi connectivity index (χ0) is 8.41. The van der Waals surface area contributed by atoms with Gasteiger partial charge in [0.2, 0.25) is 0 Å². The Hall–Kier alpha value is -0.0766. The zero-order valence-electron chi connectivity index (χ0n) is 5.49. The molecule has 0 aromatic heterocycles. The Morgan fingerprint density at radius 3 is 1.82 bits per heavy atom. The molecule has 0 saturated carbocycles. The molecule has 0 saturated heterocycles. The second-order valence-corrected chi connectivity index (χ2v) is 2.35. The third kappa shape index (κ3) is 13.0. The van der Waals surface area contributed by atoms with Crippen molar-refractivity contribution in [1.82, 2.24) is 0 Å². The van der Waals surface area contributed by atoms with Gasteiger partial charge in [-0.1, -0.05) is 0 Å². The fourth-order valence-electron chi connectivity index (χ4n) is 0.416. The Morgan fingerprint density at radius 2 is 1.73 bits per heavy atom. The van der Waals surface area contributed by atoms with Gasteiger partial charge >= 0.3 is 47.1 Å². The Balaban J connectivity index is -0.000000114. The van der Waals surface area contributed by atoms with E-state index in [-0.39, 0.29) is 17.0 Å². The molecule has 0 aromatic rings. The second-order valence-electron chi connectivity index (χ2n) is 1.23. The van der Waals surface area contributed by atoms with Gasteiger partial charge in [-0.3, -0.25) is 9.59 Å². The Morgan fingerprint density at radius 1 is 1.27 bits per heavy atom. The summed E-state index contributed by atoms with van der Waals surface area (Å²) in [7, 11) is 0. The van der Waals surface area contributed by atoms with Crippen LogP contribution in [-0.4, -0.2) is 13.6 Å². The fourth-order valence-corrected chi connectivity index (χ4v) is 0.788. The van der Waals surface area contributed by atoms with Crippen molar-refractivity contribution in [2.75, 3.05) is 0 Å². The van der Waals surface area contributed by atoms with Crippen LogP contribution in [0.25, 0.3) is 0 Å². The van der Waals surface area contributed by atoms with Crippen molar-refractivity contribution in [2.24, 2.45) is 0 Å². The van der Waals surface area contributed by atoms with Gasteiger partial charge < -0.3 is 17.0 Å². The van der Waals surface area contributed by atoms with Gasteiger partial charge in [0.15, 0.2) is 0 Å². The SMILES string of the molecule is [Br-].[C]=O.[C]=O.[Ru+][C]1=CC=CC1. The molecule has 0 spiro atoms. The van der Waals surface area contributed by atoms with E-state index < -0.39 is 0 Å². The van der Waals surface area contributed by atoms with Crippen LogP contribution in [0.4, 0.5) is 0 Å². The van der Waals surface area contributed by atoms with Crippen LogP contribution in [0, 0.1) is 0 Å². The third-order valence-electron chi connectivity index (χ3n) is 0.717. The molecule has 60 valence electrons. The van der Waals surface area contributed by atoms with Crippen LogP contribution in [0.5, 0.6) is 0 Å². The van der Waals surface area contributed by atoms with Crippen LogP contribution in [-0.2, 0) is 27.9 Å².